The number of hydrogen-bond acceptors (Lipinski definition) is 3. The van der Waals surface area contributed by atoms with Crippen LogP contribution in [0.5, 0.6) is 0 Å². The van der Waals surface area contributed by atoms with Gasteiger partial charge in [0.15, 0.2) is 0 Å². The van der Waals surface area contributed by atoms with E-state index < -0.39 is 0 Å². The third kappa shape index (κ3) is 2.46. The Labute approximate surface area is 75.5 Å². The Balaban J connectivity index is 3.00. The Morgan fingerprint density at radius 3 is 3.00 bits per heavy atom. The van der Waals surface area contributed by atoms with Gasteiger partial charge in [0.2, 0.25) is 0 Å². The van der Waals surface area contributed by atoms with Crippen LogP contribution in [0.15, 0.2) is 34.2 Å². The first-order valence-corrected chi connectivity index (χ1v) is 4.72. The molecule has 56 valence electrons. The molecule has 0 bridgehead atoms. The summed E-state index contributed by atoms with van der Waals surface area (Å²) in [6, 6.07) is 7.87. The molecule has 0 radical (unpaired) electrons. The Hall–Kier alpha value is -0.630. The van der Waals surface area contributed by atoms with E-state index in [9.17, 15) is 0 Å². The summed E-state index contributed by atoms with van der Waals surface area (Å²) in [5, 5.41) is 2.33. The summed E-state index contributed by atoms with van der Waals surface area (Å²) in [5.74, 6) is 0. The van der Waals surface area contributed by atoms with Crippen LogP contribution in [0.2, 0.25) is 0 Å². The number of aliphatic imine (C=N–C) groups is 1. The quantitative estimate of drug-likeness (QED) is 0.395. The molecule has 3 heteroatoms. The first kappa shape index (κ1) is 8.47. The predicted molar refractivity (Wildman–Crippen MR) is 52.9 cm³/mol. The Morgan fingerprint density at radius 2 is 2.36 bits per heavy atom. The van der Waals surface area contributed by atoms with Gasteiger partial charge in [-0.15, -0.1) is 11.8 Å². The van der Waals surface area contributed by atoms with Crippen LogP contribution in [0.1, 0.15) is 0 Å². The maximum atomic E-state index is 4.49. The van der Waals surface area contributed by atoms with E-state index >= 15 is 0 Å². The number of benzene rings is 1. The van der Waals surface area contributed by atoms with Gasteiger partial charge < -0.3 is 0 Å². The minimum absolute atomic E-state index is 0.867. The molecule has 0 heterocycles. The predicted octanol–water partition coefficient (Wildman–Crippen LogP) is 3.14. The van der Waals surface area contributed by atoms with Crippen LogP contribution in [0.3, 0.4) is 0 Å². The van der Waals surface area contributed by atoms with E-state index in [4.69, 9.17) is 0 Å². The molecular formula is C8H7NS2. The van der Waals surface area contributed by atoms with Gasteiger partial charge in [0.05, 0.1) is 10.8 Å². The molecule has 1 aromatic carbocycles. The smallest absolute Gasteiger partial charge is 0.0750 e. The van der Waals surface area contributed by atoms with Gasteiger partial charge in [-0.2, -0.15) is 4.99 Å². The van der Waals surface area contributed by atoms with E-state index in [1.165, 1.54) is 4.90 Å². The van der Waals surface area contributed by atoms with Crippen LogP contribution in [0.4, 0.5) is 5.69 Å². The zero-order valence-corrected chi connectivity index (χ0v) is 7.71. The highest BCUT2D eigenvalue weighted by Crippen LogP contribution is 2.20. The molecule has 0 fully saturated rings. The minimum Gasteiger partial charge on any atom is -0.195 e. The Morgan fingerprint density at radius 1 is 1.55 bits per heavy atom. The highest BCUT2D eigenvalue weighted by Gasteiger charge is 1.90. The molecule has 1 nitrogen and oxygen atoms in total. The van der Waals surface area contributed by atoms with Gasteiger partial charge in [-0.25, -0.2) is 0 Å². The second-order valence-corrected chi connectivity index (χ2v) is 2.97. The highest BCUT2D eigenvalue weighted by atomic mass is 32.2. The molecule has 0 amide bonds. The third-order valence-electron chi connectivity index (χ3n) is 1.23. The summed E-state index contributed by atoms with van der Waals surface area (Å²) >= 11 is 6.18. The fourth-order valence-electron chi connectivity index (χ4n) is 0.733. The molecule has 0 aliphatic heterocycles. The van der Waals surface area contributed by atoms with E-state index in [1.54, 1.807) is 11.8 Å². The van der Waals surface area contributed by atoms with Crippen molar-refractivity contribution in [1.29, 1.82) is 0 Å². The van der Waals surface area contributed by atoms with Gasteiger partial charge >= 0.3 is 0 Å². The number of rotatable bonds is 2. The van der Waals surface area contributed by atoms with E-state index in [1.807, 2.05) is 30.5 Å². The molecule has 11 heavy (non-hydrogen) atoms. The van der Waals surface area contributed by atoms with E-state index in [0.29, 0.717) is 0 Å². The van der Waals surface area contributed by atoms with Gasteiger partial charge in [0, 0.05) is 4.90 Å². The lowest BCUT2D eigenvalue weighted by atomic mass is 10.3. The first-order chi connectivity index (χ1) is 5.36. The van der Waals surface area contributed by atoms with E-state index in [-0.39, 0.29) is 0 Å². The molecule has 1 rings (SSSR count). The standard InChI is InChI=1S/C8H7NS2/c1-11-8-4-2-3-7(5-8)9-6-10/h2-5H,1H3. The minimum atomic E-state index is 0.867. The molecule has 0 atom stereocenters. The van der Waals surface area contributed by atoms with Crippen molar-refractivity contribution in [2.75, 3.05) is 6.26 Å². The van der Waals surface area contributed by atoms with Crippen LogP contribution in [0, 0.1) is 0 Å². The van der Waals surface area contributed by atoms with Crippen LogP contribution in [-0.2, 0) is 0 Å². The van der Waals surface area contributed by atoms with Crippen LogP contribution < -0.4 is 0 Å². The lowest BCUT2D eigenvalue weighted by Gasteiger charge is -1.94. The second kappa shape index (κ2) is 4.29. The molecule has 0 spiro atoms. The molecule has 0 saturated heterocycles. The Bertz CT molecular complexity index is 290. The van der Waals surface area contributed by atoms with Crippen molar-refractivity contribution >= 4 is 34.8 Å². The van der Waals surface area contributed by atoms with Crippen LogP contribution >= 0.6 is 24.0 Å². The lowest BCUT2D eigenvalue weighted by Crippen LogP contribution is -1.67. The summed E-state index contributed by atoms with van der Waals surface area (Å²) in [4.78, 5) is 5.06. The van der Waals surface area contributed by atoms with E-state index in [0.717, 1.165) is 5.69 Å². The fraction of sp³-hybridized carbons (Fsp3) is 0.125. The largest absolute Gasteiger partial charge is 0.195 e. The normalized spacial score (nSPS) is 8.82. The van der Waals surface area contributed by atoms with Gasteiger partial charge in [-0.1, -0.05) is 6.07 Å². The highest BCUT2D eigenvalue weighted by molar-refractivity contribution is 7.98. The molecule has 0 aliphatic rings. The number of isothiocyanates is 1. The summed E-state index contributed by atoms with van der Waals surface area (Å²) < 4.78 is 0. The zero-order valence-electron chi connectivity index (χ0n) is 6.07. The topological polar surface area (TPSA) is 12.4 Å². The van der Waals surface area contributed by atoms with Gasteiger partial charge in [-0.3, -0.25) is 0 Å². The van der Waals surface area contributed by atoms with Crippen molar-refractivity contribution in [3.63, 3.8) is 0 Å². The number of thioether (sulfide) groups is 1. The van der Waals surface area contributed by atoms with Crippen molar-refractivity contribution < 1.29 is 0 Å². The average molecular weight is 181 g/mol. The molecule has 0 aliphatic carbocycles. The Kier molecular flexibility index (Phi) is 3.30. The van der Waals surface area contributed by atoms with Crippen molar-refractivity contribution in [3.05, 3.63) is 24.3 Å². The zero-order chi connectivity index (χ0) is 8.10. The second-order valence-electron chi connectivity index (χ2n) is 1.90. The summed E-state index contributed by atoms with van der Waals surface area (Å²) in [6.07, 6.45) is 2.03. The van der Waals surface area contributed by atoms with Gasteiger partial charge in [0.1, 0.15) is 0 Å². The van der Waals surface area contributed by atoms with E-state index in [2.05, 4.69) is 22.4 Å². The average Bonchev–Trinajstić information content (AvgIpc) is 2.06. The molecule has 1 aromatic rings. The third-order valence-corrected chi connectivity index (χ3v) is 2.04. The summed E-state index contributed by atoms with van der Waals surface area (Å²) in [7, 11) is 0. The van der Waals surface area contributed by atoms with Crippen molar-refractivity contribution in [2.45, 2.75) is 4.90 Å². The van der Waals surface area contributed by atoms with Crippen molar-refractivity contribution in [2.24, 2.45) is 4.99 Å². The lowest BCUT2D eigenvalue weighted by molar-refractivity contribution is 1.42. The molecule has 0 N–H and O–H groups in total. The van der Waals surface area contributed by atoms with Crippen LogP contribution in [0.25, 0.3) is 0 Å². The monoisotopic (exact) mass is 181 g/mol. The summed E-state index contributed by atoms with van der Waals surface area (Å²) in [5.41, 5.74) is 0.867. The summed E-state index contributed by atoms with van der Waals surface area (Å²) in [6.45, 7) is 0. The molecule has 0 saturated carbocycles. The maximum Gasteiger partial charge on any atom is 0.0750 e. The SMILES string of the molecule is CSc1cccc(N=C=S)c1. The van der Waals surface area contributed by atoms with Crippen molar-refractivity contribution in [1.82, 2.24) is 0 Å². The first-order valence-electron chi connectivity index (χ1n) is 3.09. The van der Waals surface area contributed by atoms with Gasteiger partial charge in [0.25, 0.3) is 0 Å². The molecular weight excluding hydrogens is 174 g/mol. The van der Waals surface area contributed by atoms with Gasteiger partial charge in [-0.05, 0) is 36.7 Å². The number of nitrogens with zero attached hydrogens (tertiary/aromatic N) is 1. The molecule has 0 unspecified atom stereocenters. The van der Waals surface area contributed by atoms with Crippen molar-refractivity contribution in [3.8, 4) is 0 Å². The van der Waals surface area contributed by atoms with Crippen LogP contribution in [-0.4, -0.2) is 11.4 Å². The number of thiocarbonyl (C=S) groups is 1. The molecule has 0 aromatic heterocycles. The maximum absolute atomic E-state index is 4.49. The number of hydrogen-bond donors (Lipinski definition) is 0. The fourth-order valence-corrected chi connectivity index (χ4v) is 1.29.